The fraction of sp³-hybridized carbons (Fsp3) is 0.667. The normalized spacial score (nSPS) is 27.2. The summed E-state index contributed by atoms with van der Waals surface area (Å²) in [6.07, 6.45) is 9.07. The molecule has 0 bridgehead atoms. The highest BCUT2D eigenvalue weighted by Crippen LogP contribution is 2.36. The molecule has 1 heterocycles. The maximum atomic E-state index is 12.4. The van der Waals surface area contributed by atoms with Gasteiger partial charge in [-0.15, -0.1) is 0 Å². The smallest absolute Gasteiger partial charge is 0.268 e. The van der Waals surface area contributed by atoms with E-state index in [4.69, 9.17) is 5.73 Å². The third-order valence-electron chi connectivity index (χ3n) is 4.48. The summed E-state index contributed by atoms with van der Waals surface area (Å²) in [5, 5.41) is 3.21. The van der Waals surface area contributed by atoms with E-state index in [-0.39, 0.29) is 11.9 Å². The van der Waals surface area contributed by atoms with Gasteiger partial charge >= 0.3 is 0 Å². The molecule has 2 saturated carbocycles. The van der Waals surface area contributed by atoms with Crippen molar-refractivity contribution in [1.29, 1.82) is 0 Å². The Balaban J connectivity index is 1.68. The minimum atomic E-state index is 0.0715. The van der Waals surface area contributed by atoms with Crippen molar-refractivity contribution in [3.05, 3.63) is 24.0 Å². The molecule has 0 aliphatic heterocycles. The molecule has 2 fully saturated rings. The molecule has 0 saturated heterocycles. The van der Waals surface area contributed by atoms with Crippen LogP contribution in [0.1, 0.15) is 55.1 Å². The number of hydrogen-bond donors (Lipinski definition) is 2. The van der Waals surface area contributed by atoms with Gasteiger partial charge in [0.1, 0.15) is 5.69 Å². The van der Waals surface area contributed by atoms with E-state index in [1.165, 1.54) is 25.7 Å². The minimum Gasteiger partial charge on any atom is -0.348 e. The molecule has 3 N–H and O–H groups in total. The molecule has 0 spiro atoms. The highest BCUT2D eigenvalue weighted by molar-refractivity contribution is 5.93. The van der Waals surface area contributed by atoms with Crippen LogP contribution in [-0.2, 0) is 0 Å². The highest BCUT2D eigenvalue weighted by Gasteiger charge is 2.29. The number of amides is 1. The zero-order valence-electron chi connectivity index (χ0n) is 11.3. The Bertz CT molecular complexity index is 450. The number of nitrogens with one attached hydrogen (secondary N) is 1. The number of carbonyl (C=O) groups excluding carboxylic acids is 1. The monoisotopic (exact) mass is 261 g/mol. The Labute approximate surface area is 114 Å². The molecule has 1 aromatic heterocycles. The van der Waals surface area contributed by atoms with Crippen LogP contribution in [0.5, 0.6) is 0 Å². The number of nitrogens with zero attached hydrogens (tertiary/aromatic N) is 1. The van der Waals surface area contributed by atoms with Gasteiger partial charge in [0.15, 0.2) is 0 Å². The van der Waals surface area contributed by atoms with Crippen LogP contribution in [0.4, 0.5) is 0 Å². The number of hydrogen-bond acceptors (Lipinski definition) is 2. The summed E-state index contributed by atoms with van der Waals surface area (Å²) in [5.41, 5.74) is 6.63. The van der Waals surface area contributed by atoms with Gasteiger partial charge in [0.25, 0.3) is 5.91 Å². The van der Waals surface area contributed by atoms with E-state index < -0.39 is 0 Å². The van der Waals surface area contributed by atoms with E-state index >= 15 is 0 Å². The van der Waals surface area contributed by atoms with Gasteiger partial charge in [-0.05, 0) is 50.3 Å². The summed E-state index contributed by atoms with van der Waals surface area (Å²) in [6.45, 7) is 0.675. The van der Waals surface area contributed by atoms with Crippen LogP contribution >= 0.6 is 0 Å². The molecule has 1 amide bonds. The fourth-order valence-corrected chi connectivity index (χ4v) is 3.18. The van der Waals surface area contributed by atoms with Gasteiger partial charge < -0.3 is 15.6 Å². The molecule has 2 unspecified atom stereocenters. The number of carbonyl (C=O) groups is 1. The van der Waals surface area contributed by atoms with Crippen LogP contribution in [-0.4, -0.2) is 23.1 Å². The lowest BCUT2D eigenvalue weighted by molar-refractivity contribution is 0.0898. The quantitative estimate of drug-likeness (QED) is 0.871. The third kappa shape index (κ3) is 2.68. The summed E-state index contributed by atoms with van der Waals surface area (Å²) >= 11 is 0. The van der Waals surface area contributed by atoms with Crippen LogP contribution in [0.2, 0.25) is 0 Å². The Hall–Kier alpha value is -1.29. The van der Waals surface area contributed by atoms with E-state index in [0.717, 1.165) is 18.5 Å². The molecule has 0 radical (unpaired) electrons. The maximum absolute atomic E-state index is 12.4. The second kappa shape index (κ2) is 5.37. The topological polar surface area (TPSA) is 60.0 Å². The average molecular weight is 261 g/mol. The van der Waals surface area contributed by atoms with Crippen molar-refractivity contribution in [3.8, 4) is 0 Å². The summed E-state index contributed by atoms with van der Waals surface area (Å²) in [4.78, 5) is 12.4. The second-order valence-electron chi connectivity index (χ2n) is 5.89. The average Bonchev–Trinajstić information content (AvgIpc) is 3.16. The van der Waals surface area contributed by atoms with E-state index in [2.05, 4.69) is 9.88 Å². The molecule has 104 valence electrons. The molecule has 19 heavy (non-hydrogen) atoms. The zero-order chi connectivity index (χ0) is 13.2. The van der Waals surface area contributed by atoms with Crippen molar-refractivity contribution in [3.63, 3.8) is 0 Å². The van der Waals surface area contributed by atoms with E-state index in [1.54, 1.807) is 0 Å². The number of nitrogens with two attached hydrogens (primary N) is 1. The standard InChI is InChI=1S/C15H23N3O/c16-10-11-4-1-2-5-13(11)17-15(19)14-6-3-9-18(14)12-7-8-12/h3,6,9,11-13H,1-2,4-5,7-8,10,16H2,(H,17,19). The van der Waals surface area contributed by atoms with E-state index in [9.17, 15) is 4.79 Å². The molecular weight excluding hydrogens is 238 g/mol. The largest absolute Gasteiger partial charge is 0.348 e. The minimum absolute atomic E-state index is 0.0715. The van der Waals surface area contributed by atoms with E-state index in [1.807, 2.05) is 18.3 Å². The van der Waals surface area contributed by atoms with Crippen molar-refractivity contribution >= 4 is 5.91 Å². The van der Waals surface area contributed by atoms with Gasteiger partial charge in [0.2, 0.25) is 0 Å². The Morgan fingerprint density at radius 1 is 1.32 bits per heavy atom. The predicted octanol–water partition coefficient (Wildman–Crippen LogP) is 2.07. The molecule has 0 aromatic carbocycles. The van der Waals surface area contributed by atoms with Crippen LogP contribution in [0, 0.1) is 5.92 Å². The SMILES string of the molecule is NCC1CCCCC1NC(=O)c1cccn1C1CC1. The van der Waals surface area contributed by atoms with Crippen LogP contribution in [0.25, 0.3) is 0 Å². The zero-order valence-corrected chi connectivity index (χ0v) is 11.3. The lowest BCUT2D eigenvalue weighted by Crippen LogP contribution is -2.45. The lowest BCUT2D eigenvalue weighted by Gasteiger charge is -2.31. The van der Waals surface area contributed by atoms with Crippen LogP contribution in [0.15, 0.2) is 18.3 Å². The molecule has 2 atom stereocenters. The van der Waals surface area contributed by atoms with Gasteiger partial charge in [0, 0.05) is 18.3 Å². The molecule has 4 nitrogen and oxygen atoms in total. The van der Waals surface area contributed by atoms with Gasteiger partial charge in [-0.2, -0.15) is 0 Å². The first-order valence-electron chi connectivity index (χ1n) is 7.47. The third-order valence-corrected chi connectivity index (χ3v) is 4.48. The Morgan fingerprint density at radius 3 is 2.84 bits per heavy atom. The van der Waals surface area contributed by atoms with Crippen molar-refractivity contribution in [1.82, 2.24) is 9.88 Å². The summed E-state index contributed by atoms with van der Waals surface area (Å²) in [7, 11) is 0. The van der Waals surface area contributed by atoms with Crippen molar-refractivity contribution in [2.75, 3.05) is 6.54 Å². The second-order valence-corrected chi connectivity index (χ2v) is 5.89. The molecule has 4 heteroatoms. The molecule has 3 rings (SSSR count). The van der Waals surface area contributed by atoms with Gasteiger partial charge in [-0.25, -0.2) is 0 Å². The first kappa shape index (κ1) is 12.7. The number of rotatable bonds is 4. The van der Waals surface area contributed by atoms with Gasteiger partial charge in [-0.1, -0.05) is 12.8 Å². The summed E-state index contributed by atoms with van der Waals surface area (Å²) < 4.78 is 2.12. The maximum Gasteiger partial charge on any atom is 0.268 e. The van der Waals surface area contributed by atoms with Gasteiger partial charge in [-0.3, -0.25) is 4.79 Å². The van der Waals surface area contributed by atoms with E-state index in [0.29, 0.717) is 18.5 Å². The molecule has 1 aromatic rings. The number of aromatic nitrogens is 1. The summed E-state index contributed by atoms with van der Waals surface area (Å²) in [5.74, 6) is 0.518. The molecule has 2 aliphatic rings. The summed E-state index contributed by atoms with van der Waals surface area (Å²) in [6, 6.07) is 4.70. The van der Waals surface area contributed by atoms with Crippen LogP contribution in [0.3, 0.4) is 0 Å². The van der Waals surface area contributed by atoms with Crippen molar-refractivity contribution in [2.45, 2.75) is 50.6 Å². The highest BCUT2D eigenvalue weighted by atomic mass is 16.2. The van der Waals surface area contributed by atoms with Crippen LogP contribution < -0.4 is 11.1 Å². The lowest BCUT2D eigenvalue weighted by atomic mass is 9.84. The van der Waals surface area contributed by atoms with Crippen molar-refractivity contribution in [2.24, 2.45) is 11.7 Å². The Morgan fingerprint density at radius 2 is 2.11 bits per heavy atom. The molecule has 2 aliphatic carbocycles. The predicted molar refractivity (Wildman–Crippen MR) is 75.0 cm³/mol. The first-order chi connectivity index (χ1) is 9.29. The molecular formula is C15H23N3O. The first-order valence-corrected chi connectivity index (χ1v) is 7.47. The fourth-order valence-electron chi connectivity index (χ4n) is 3.18. The Kier molecular flexibility index (Phi) is 3.60. The van der Waals surface area contributed by atoms with Crippen molar-refractivity contribution < 1.29 is 4.79 Å². The van der Waals surface area contributed by atoms with Gasteiger partial charge in [0.05, 0.1) is 0 Å².